The number of para-hydroxylation sites is 2. The van der Waals surface area contributed by atoms with Gasteiger partial charge in [-0.05, 0) is 24.3 Å². The van der Waals surface area contributed by atoms with Crippen LogP contribution in [0.2, 0.25) is 0 Å². The SMILES string of the molecule is O=Cc1ccc(-c2nc3ccccc3nc2OI)s1. The molecule has 3 aromatic rings. The van der Waals surface area contributed by atoms with Crippen molar-refractivity contribution in [3.63, 3.8) is 0 Å². The largest absolute Gasteiger partial charge is 0.406 e. The number of fused-ring (bicyclic) bond motifs is 1. The van der Waals surface area contributed by atoms with Crippen molar-refractivity contribution in [3.8, 4) is 16.5 Å². The van der Waals surface area contributed by atoms with Gasteiger partial charge in [-0.15, -0.1) is 11.3 Å². The minimum Gasteiger partial charge on any atom is -0.406 e. The summed E-state index contributed by atoms with van der Waals surface area (Å²) in [7, 11) is 0. The summed E-state index contributed by atoms with van der Waals surface area (Å²) in [5.41, 5.74) is 2.24. The first-order valence-corrected chi connectivity index (χ1v) is 7.12. The zero-order valence-corrected chi connectivity index (χ0v) is 12.5. The highest BCUT2D eigenvalue weighted by Crippen LogP contribution is 2.34. The standard InChI is InChI=1S/C13H7IN2O2S/c14-18-13-12(11-6-5-8(7-17)19-11)15-9-3-1-2-4-10(9)16-13/h1-7H. The molecule has 0 unspecified atom stereocenters. The summed E-state index contributed by atoms with van der Waals surface area (Å²) < 4.78 is 5.27. The molecule has 0 radical (unpaired) electrons. The number of rotatable bonds is 3. The molecule has 6 heteroatoms. The van der Waals surface area contributed by atoms with E-state index in [2.05, 4.69) is 9.97 Å². The zero-order valence-electron chi connectivity index (χ0n) is 9.54. The van der Waals surface area contributed by atoms with Crippen LogP contribution in [0.5, 0.6) is 5.88 Å². The van der Waals surface area contributed by atoms with Gasteiger partial charge in [-0.2, -0.15) is 0 Å². The fraction of sp³-hybridized carbons (Fsp3) is 0. The van der Waals surface area contributed by atoms with E-state index in [4.69, 9.17) is 3.07 Å². The van der Waals surface area contributed by atoms with Crippen molar-refractivity contribution < 1.29 is 7.86 Å². The number of aromatic nitrogens is 2. The molecule has 2 heterocycles. The minimum atomic E-state index is 0.457. The van der Waals surface area contributed by atoms with E-state index in [1.807, 2.05) is 30.3 Å². The van der Waals surface area contributed by atoms with Gasteiger partial charge < -0.3 is 3.07 Å². The smallest absolute Gasteiger partial charge is 0.252 e. The maximum Gasteiger partial charge on any atom is 0.252 e. The van der Waals surface area contributed by atoms with Crippen molar-refractivity contribution in [2.24, 2.45) is 0 Å². The predicted octanol–water partition coefficient (Wildman–Crippen LogP) is 3.90. The average Bonchev–Trinajstić information content (AvgIpc) is 2.94. The Kier molecular flexibility index (Phi) is 3.43. The van der Waals surface area contributed by atoms with E-state index in [1.54, 1.807) is 29.1 Å². The van der Waals surface area contributed by atoms with Gasteiger partial charge in [-0.3, -0.25) is 4.79 Å². The van der Waals surface area contributed by atoms with Gasteiger partial charge in [0.25, 0.3) is 5.88 Å². The molecule has 94 valence electrons. The van der Waals surface area contributed by atoms with Crippen molar-refractivity contribution >= 4 is 51.7 Å². The number of benzene rings is 1. The van der Waals surface area contributed by atoms with E-state index in [0.29, 0.717) is 16.5 Å². The van der Waals surface area contributed by atoms with Crippen LogP contribution >= 0.6 is 34.3 Å². The minimum absolute atomic E-state index is 0.457. The molecular weight excluding hydrogens is 375 g/mol. The van der Waals surface area contributed by atoms with Crippen LogP contribution in [0.1, 0.15) is 9.67 Å². The van der Waals surface area contributed by atoms with Crippen LogP contribution in [0.25, 0.3) is 21.6 Å². The summed E-state index contributed by atoms with van der Waals surface area (Å²) in [6.45, 7) is 0. The van der Waals surface area contributed by atoms with Gasteiger partial charge in [0.1, 0.15) is 5.69 Å². The number of nitrogens with zero attached hydrogens (tertiary/aromatic N) is 2. The third-order valence-corrected chi connectivity index (χ3v) is 4.02. The summed E-state index contributed by atoms with van der Waals surface area (Å²) in [5.74, 6) is 0.457. The van der Waals surface area contributed by atoms with E-state index in [9.17, 15) is 4.79 Å². The van der Waals surface area contributed by atoms with E-state index >= 15 is 0 Å². The lowest BCUT2D eigenvalue weighted by Gasteiger charge is -2.05. The molecule has 19 heavy (non-hydrogen) atoms. The average molecular weight is 382 g/mol. The molecule has 1 aromatic carbocycles. The molecule has 3 rings (SSSR count). The number of aldehydes is 1. The first-order chi connectivity index (χ1) is 9.31. The molecule has 2 aromatic heterocycles. The number of halogens is 1. The van der Waals surface area contributed by atoms with Gasteiger partial charge in [-0.1, -0.05) is 12.1 Å². The third kappa shape index (κ3) is 2.33. The van der Waals surface area contributed by atoms with Gasteiger partial charge in [0.2, 0.25) is 0 Å². The van der Waals surface area contributed by atoms with Crippen LogP contribution < -0.4 is 3.07 Å². The molecule has 0 saturated carbocycles. The first-order valence-electron chi connectivity index (χ1n) is 5.42. The molecule has 0 fully saturated rings. The number of carbonyl (C=O) groups excluding carboxylic acids is 1. The highest BCUT2D eigenvalue weighted by atomic mass is 127. The topological polar surface area (TPSA) is 52.1 Å². The molecule has 0 aliphatic heterocycles. The quantitative estimate of drug-likeness (QED) is 0.509. The second-order valence-electron chi connectivity index (χ2n) is 3.76. The highest BCUT2D eigenvalue weighted by molar-refractivity contribution is 14.1. The van der Waals surface area contributed by atoms with Crippen molar-refractivity contribution in [1.29, 1.82) is 0 Å². The van der Waals surface area contributed by atoms with Crippen LogP contribution in [0.15, 0.2) is 36.4 Å². The van der Waals surface area contributed by atoms with Crippen LogP contribution in [0.4, 0.5) is 0 Å². The molecule has 0 spiro atoms. The summed E-state index contributed by atoms with van der Waals surface area (Å²) in [6.07, 6.45) is 0.827. The Balaban J connectivity index is 2.23. The van der Waals surface area contributed by atoms with Crippen LogP contribution in [-0.4, -0.2) is 16.3 Å². The maximum atomic E-state index is 10.8. The van der Waals surface area contributed by atoms with E-state index in [0.717, 1.165) is 22.2 Å². The van der Waals surface area contributed by atoms with Gasteiger partial charge >= 0.3 is 0 Å². The Hall–Kier alpha value is -1.54. The molecule has 4 nitrogen and oxygen atoms in total. The number of thiophene rings is 1. The van der Waals surface area contributed by atoms with Gasteiger partial charge in [0, 0.05) is 0 Å². The molecule has 0 bridgehead atoms. The number of carbonyl (C=O) groups is 1. The Labute approximate surface area is 127 Å². The number of hydrogen-bond donors (Lipinski definition) is 0. The van der Waals surface area contributed by atoms with Crippen molar-refractivity contribution in [1.82, 2.24) is 9.97 Å². The predicted molar refractivity (Wildman–Crippen MR) is 82.9 cm³/mol. The molecule has 0 aliphatic rings. The maximum absolute atomic E-state index is 10.8. The normalized spacial score (nSPS) is 10.6. The van der Waals surface area contributed by atoms with E-state index in [-0.39, 0.29) is 0 Å². The van der Waals surface area contributed by atoms with Crippen LogP contribution in [-0.2, 0) is 0 Å². The highest BCUT2D eigenvalue weighted by Gasteiger charge is 2.14. The lowest BCUT2D eigenvalue weighted by Crippen LogP contribution is -1.91. The van der Waals surface area contributed by atoms with Gasteiger partial charge in [0.15, 0.2) is 29.3 Å². The lowest BCUT2D eigenvalue weighted by molar-refractivity contribution is 0.112. The molecule has 0 N–H and O–H groups in total. The van der Waals surface area contributed by atoms with E-state index in [1.165, 1.54) is 11.3 Å². The van der Waals surface area contributed by atoms with Crippen LogP contribution in [0, 0.1) is 0 Å². The fourth-order valence-corrected chi connectivity index (χ4v) is 2.85. The summed E-state index contributed by atoms with van der Waals surface area (Å²) in [4.78, 5) is 21.3. The van der Waals surface area contributed by atoms with Crippen molar-refractivity contribution in [3.05, 3.63) is 41.3 Å². The summed E-state index contributed by atoms with van der Waals surface area (Å²) in [6, 6.07) is 11.2. The van der Waals surface area contributed by atoms with E-state index < -0.39 is 0 Å². The van der Waals surface area contributed by atoms with Crippen molar-refractivity contribution in [2.75, 3.05) is 0 Å². The Morgan fingerprint density at radius 3 is 2.47 bits per heavy atom. The Morgan fingerprint density at radius 1 is 1.11 bits per heavy atom. The first kappa shape index (κ1) is 12.5. The Bertz CT molecular complexity index is 757. The molecular formula is C13H7IN2O2S. The molecule has 0 aliphatic carbocycles. The lowest BCUT2D eigenvalue weighted by atomic mass is 10.2. The van der Waals surface area contributed by atoms with Crippen molar-refractivity contribution in [2.45, 2.75) is 0 Å². The molecule has 0 amide bonds. The number of hydrogen-bond acceptors (Lipinski definition) is 5. The van der Waals surface area contributed by atoms with Gasteiger partial charge in [0.05, 0.1) is 20.8 Å². The fourth-order valence-electron chi connectivity index (χ4n) is 1.74. The third-order valence-electron chi connectivity index (χ3n) is 2.59. The van der Waals surface area contributed by atoms with Crippen LogP contribution in [0.3, 0.4) is 0 Å². The molecule has 0 atom stereocenters. The zero-order chi connectivity index (χ0) is 13.2. The monoisotopic (exact) mass is 382 g/mol. The second-order valence-corrected chi connectivity index (χ2v) is 5.32. The van der Waals surface area contributed by atoms with Gasteiger partial charge in [-0.25, -0.2) is 9.97 Å². The second kappa shape index (κ2) is 5.22. The Morgan fingerprint density at radius 2 is 1.84 bits per heavy atom. The molecule has 0 saturated heterocycles. The summed E-state index contributed by atoms with van der Waals surface area (Å²) >= 11 is 3.16. The summed E-state index contributed by atoms with van der Waals surface area (Å²) in [5, 5.41) is 0.